The number of hydrogen-bond acceptors (Lipinski definition) is 4. The molecule has 2 aromatic carbocycles. The minimum absolute atomic E-state index is 0.0392. The number of amides is 2. The first-order valence-electron chi connectivity index (χ1n) is 9.24. The van der Waals surface area contributed by atoms with Crippen LogP contribution in [0.2, 0.25) is 0 Å². The van der Waals surface area contributed by atoms with E-state index in [1.165, 1.54) is 4.90 Å². The molecule has 0 spiro atoms. The molecular formula is C21H25N5O2. The predicted molar refractivity (Wildman–Crippen MR) is 109 cm³/mol. The first-order valence-corrected chi connectivity index (χ1v) is 9.24. The summed E-state index contributed by atoms with van der Waals surface area (Å²) >= 11 is 0. The third kappa shape index (κ3) is 4.03. The summed E-state index contributed by atoms with van der Waals surface area (Å²) in [5.41, 5.74) is 5.00. The molecule has 0 aliphatic rings. The second-order valence-corrected chi connectivity index (χ2v) is 7.34. The summed E-state index contributed by atoms with van der Waals surface area (Å²) in [7, 11) is 1.61. The van der Waals surface area contributed by atoms with Crippen molar-refractivity contribution in [1.29, 1.82) is 0 Å². The highest BCUT2D eigenvalue weighted by Gasteiger charge is 2.17. The number of carbonyl (C=O) groups is 2. The third-order valence-electron chi connectivity index (χ3n) is 4.73. The largest absolute Gasteiger partial charge is 0.332 e. The van der Waals surface area contributed by atoms with E-state index in [0.29, 0.717) is 11.1 Å². The van der Waals surface area contributed by atoms with E-state index >= 15 is 0 Å². The maximum absolute atomic E-state index is 12.7. The molecular weight excluding hydrogens is 354 g/mol. The lowest BCUT2D eigenvalue weighted by molar-refractivity contribution is -0.116. The molecule has 28 heavy (non-hydrogen) atoms. The van der Waals surface area contributed by atoms with E-state index in [2.05, 4.69) is 15.6 Å². The van der Waals surface area contributed by atoms with Gasteiger partial charge in [-0.3, -0.25) is 9.59 Å². The van der Waals surface area contributed by atoms with Gasteiger partial charge in [0.2, 0.25) is 5.91 Å². The molecule has 3 rings (SSSR count). The van der Waals surface area contributed by atoms with Gasteiger partial charge in [-0.05, 0) is 69.2 Å². The minimum Gasteiger partial charge on any atom is -0.332 e. The molecule has 0 fully saturated rings. The van der Waals surface area contributed by atoms with E-state index in [9.17, 15) is 9.59 Å². The van der Waals surface area contributed by atoms with Gasteiger partial charge in [0.05, 0.1) is 12.1 Å². The van der Waals surface area contributed by atoms with Gasteiger partial charge in [0.1, 0.15) is 5.52 Å². The topological polar surface area (TPSA) is 80.1 Å². The maximum atomic E-state index is 12.7. The number of anilines is 1. The average molecular weight is 379 g/mol. The molecule has 3 aromatic rings. The number of aromatic nitrogens is 3. The molecule has 0 unspecified atom stereocenters. The van der Waals surface area contributed by atoms with Crippen molar-refractivity contribution in [1.82, 2.24) is 19.9 Å². The first kappa shape index (κ1) is 19.5. The molecule has 0 saturated heterocycles. The summed E-state index contributed by atoms with van der Waals surface area (Å²) in [5.74, 6) is -0.484. The van der Waals surface area contributed by atoms with Crippen LogP contribution in [-0.2, 0) is 4.79 Å². The van der Waals surface area contributed by atoms with Crippen molar-refractivity contribution < 1.29 is 9.59 Å². The number of carbonyl (C=O) groups excluding carboxylic acids is 2. The van der Waals surface area contributed by atoms with E-state index < -0.39 is 0 Å². The van der Waals surface area contributed by atoms with Crippen LogP contribution in [0.15, 0.2) is 36.4 Å². The van der Waals surface area contributed by atoms with Crippen molar-refractivity contribution >= 4 is 28.5 Å². The third-order valence-corrected chi connectivity index (χ3v) is 4.73. The molecule has 7 nitrogen and oxygen atoms in total. The van der Waals surface area contributed by atoms with Crippen LogP contribution in [0.25, 0.3) is 11.0 Å². The highest BCUT2D eigenvalue weighted by atomic mass is 16.2. The molecule has 0 saturated carbocycles. The fraction of sp³-hybridized carbons (Fsp3) is 0.333. The normalized spacial score (nSPS) is 11.1. The fourth-order valence-electron chi connectivity index (χ4n) is 2.98. The van der Waals surface area contributed by atoms with Crippen LogP contribution < -0.4 is 5.32 Å². The van der Waals surface area contributed by atoms with Gasteiger partial charge >= 0.3 is 0 Å². The van der Waals surface area contributed by atoms with Crippen LogP contribution in [0.3, 0.4) is 0 Å². The molecule has 0 aliphatic heterocycles. The highest BCUT2D eigenvalue weighted by molar-refractivity contribution is 6.00. The summed E-state index contributed by atoms with van der Waals surface area (Å²) in [4.78, 5) is 26.4. The molecule has 2 amide bonds. The van der Waals surface area contributed by atoms with E-state index in [1.54, 1.807) is 19.2 Å². The van der Waals surface area contributed by atoms with Crippen LogP contribution in [0.4, 0.5) is 5.69 Å². The Bertz CT molecular complexity index is 1040. The lowest BCUT2D eigenvalue weighted by Crippen LogP contribution is -2.34. The van der Waals surface area contributed by atoms with Crippen LogP contribution in [0, 0.1) is 13.8 Å². The summed E-state index contributed by atoms with van der Waals surface area (Å²) in [5, 5.41) is 11.1. The Balaban J connectivity index is 1.69. The van der Waals surface area contributed by atoms with E-state index in [-0.39, 0.29) is 24.4 Å². The number of nitrogens with zero attached hydrogens (tertiary/aromatic N) is 4. The van der Waals surface area contributed by atoms with Gasteiger partial charge in [-0.15, -0.1) is 5.10 Å². The van der Waals surface area contributed by atoms with Crippen molar-refractivity contribution in [2.75, 3.05) is 18.9 Å². The Morgan fingerprint density at radius 1 is 1.11 bits per heavy atom. The fourth-order valence-corrected chi connectivity index (χ4v) is 2.98. The average Bonchev–Trinajstić information content (AvgIpc) is 3.07. The van der Waals surface area contributed by atoms with Crippen LogP contribution in [-0.4, -0.2) is 45.3 Å². The standard InChI is InChI=1S/C21H25N5O2/c1-13(2)26-19-9-7-16(11-18(19)23-24-26)21(28)25(5)12-20(27)22-17-8-6-14(3)15(4)10-17/h6-11,13H,12H2,1-5H3,(H,22,27). The Morgan fingerprint density at radius 2 is 1.86 bits per heavy atom. The van der Waals surface area contributed by atoms with Crippen molar-refractivity contribution in [3.05, 3.63) is 53.1 Å². The van der Waals surface area contributed by atoms with Crippen molar-refractivity contribution in [3.63, 3.8) is 0 Å². The van der Waals surface area contributed by atoms with Crippen LogP contribution in [0.1, 0.15) is 41.4 Å². The molecule has 0 bridgehead atoms. The SMILES string of the molecule is Cc1ccc(NC(=O)CN(C)C(=O)c2ccc3c(c2)nnn3C(C)C)cc1C. The van der Waals surface area contributed by atoms with Gasteiger partial charge in [0.15, 0.2) is 0 Å². The van der Waals surface area contributed by atoms with Crippen LogP contribution >= 0.6 is 0 Å². The van der Waals surface area contributed by atoms with E-state index in [0.717, 1.165) is 22.3 Å². The molecule has 0 atom stereocenters. The zero-order valence-electron chi connectivity index (χ0n) is 16.9. The lowest BCUT2D eigenvalue weighted by Gasteiger charge is -2.17. The smallest absolute Gasteiger partial charge is 0.254 e. The number of rotatable bonds is 5. The number of aryl methyl sites for hydroxylation is 2. The predicted octanol–water partition coefficient (Wildman–Crippen LogP) is 3.34. The number of hydrogen-bond donors (Lipinski definition) is 1. The second-order valence-electron chi connectivity index (χ2n) is 7.34. The van der Waals surface area contributed by atoms with Crippen molar-refractivity contribution in [2.24, 2.45) is 0 Å². The number of benzene rings is 2. The quantitative estimate of drug-likeness (QED) is 0.737. The lowest BCUT2D eigenvalue weighted by atomic mass is 10.1. The molecule has 0 aliphatic carbocycles. The highest BCUT2D eigenvalue weighted by Crippen LogP contribution is 2.18. The molecule has 1 aromatic heterocycles. The van der Waals surface area contributed by atoms with Crippen molar-refractivity contribution in [3.8, 4) is 0 Å². The van der Waals surface area contributed by atoms with Gasteiger partial charge in [0, 0.05) is 24.3 Å². The maximum Gasteiger partial charge on any atom is 0.254 e. The summed E-state index contributed by atoms with van der Waals surface area (Å²) in [6.45, 7) is 8.02. The van der Waals surface area contributed by atoms with Gasteiger partial charge in [-0.1, -0.05) is 11.3 Å². The Morgan fingerprint density at radius 3 is 2.54 bits per heavy atom. The van der Waals surface area contributed by atoms with E-state index in [4.69, 9.17) is 0 Å². The van der Waals surface area contributed by atoms with Crippen molar-refractivity contribution in [2.45, 2.75) is 33.7 Å². The van der Waals surface area contributed by atoms with Gasteiger partial charge < -0.3 is 10.2 Å². The Hall–Kier alpha value is -3.22. The molecule has 7 heteroatoms. The molecule has 1 N–H and O–H groups in total. The Labute approximate surface area is 164 Å². The van der Waals surface area contributed by atoms with Gasteiger partial charge in [0.25, 0.3) is 5.91 Å². The zero-order chi connectivity index (χ0) is 20.4. The van der Waals surface area contributed by atoms with Gasteiger partial charge in [-0.25, -0.2) is 4.68 Å². The summed E-state index contributed by atoms with van der Waals surface area (Å²) in [6.07, 6.45) is 0. The number of likely N-dealkylation sites (N-methyl/N-ethyl adjacent to an activating group) is 1. The van der Waals surface area contributed by atoms with Gasteiger partial charge in [-0.2, -0.15) is 0 Å². The monoisotopic (exact) mass is 379 g/mol. The van der Waals surface area contributed by atoms with Crippen LogP contribution in [0.5, 0.6) is 0 Å². The minimum atomic E-state index is -0.245. The Kier molecular flexibility index (Phi) is 5.44. The van der Waals surface area contributed by atoms with E-state index in [1.807, 2.05) is 56.6 Å². The number of fused-ring (bicyclic) bond motifs is 1. The second kappa shape index (κ2) is 7.80. The molecule has 0 radical (unpaired) electrons. The summed E-state index contributed by atoms with van der Waals surface area (Å²) < 4.78 is 1.81. The molecule has 1 heterocycles. The molecule has 146 valence electrons. The summed E-state index contributed by atoms with van der Waals surface area (Å²) in [6, 6.07) is 11.2. The number of nitrogens with one attached hydrogen (secondary N) is 1. The first-order chi connectivity index (χ1) is 13.3. The zero-order valence-corrected chi connectivity index (χ0v) is 16.9.